The Bertz CT molecular complexity index is 1040. The second-order valence-electron chi connectivity index (χ2n) is 6.51. The summed E-state index contributed by atoms with van der Waals surface area (Å²) >= 11 is 0. The Morgan fingerprint density at radius 2 is 1.33 bits per heavy atom. The predicted molar refractivity (Wildman–Crippen MR) is 112 cm³/mol. The van der Waals surface area contributed by atoms with Gasteiger partial charge in [-0.25, -0.2) is 5.48 Å². The molecule has 3 N–H and O–H groups in total. The third-order valence-electron chi connectivity index (χ3n) is 4.55. The van der Waals surface area contributed by atoms with E-state index in [1.54, 1.807) is 62.2 Å². The summed E-state index contributed by atoms with van der Waals surface area (Å²) in [6.45, 7) is 0.308. The first-order valence-corrected chi connectivity index (χ1v) is 9.19. The van der Waals surface area contributed by atoms with Gasteiger partial charge in [0.1, 0.15) is 11.5 Å². The smallest absolute Gasteiger partial charge is 0.274 e. The van der Waals surface area contributed by atoms with Crippen LogP contribution >= 0.6 is 0 Å². The first-order valence-electron chi connectivity index (χ1n) is 9.19. The lowest BCUT2D eigenvalue weighted by Crippen LogP contribution is -2.22. The molecule has 0 aliphatic carbocycles. The maximum Gasteiger partial charge on any atom is 0.274 e. The van der Waals surface area contributed by atoms with Crippen LogP contribution in [0.5, 0.6) is 11.5 Å². The van der Waals surface area contributed by atoms with E-state index in [1.807, 2.05) is 24.3 Å². The van der Waals surface area contributed by atoms with Gasteiger partial charge >= 0.3 is 0 Å². The predicted octanol–water partition coefficient (Wildman–Crippen LogP) is 3.42. The van der Waals surface area contributed by atoms with Gasteiger partial charge in [0.25, 0.3) is 11.8 Å². The number of hydroxylamine groups is 1. The SMILES string of the molecule is COc1cc(CNC(=O)c2cccc(-c3cccc(C(=O)NO)c3)c2)cc(OC)c1. The fraction of sp³-hybridized carbons (Fsp3) is 0.130. The van der Waals surface area contributed by atoms with E-state index in [0.29, 0.717) is 29.2 Å². The average molecular weight is 406 g/mol. The molecule has 0 atom stereocenters. The maximum absolute atomic E-state index is 12.7. The van der Waals surface area contributed by atoms with Gasteiger partial charge in [-0.2, -0.15) is 0 Å². The number of nitrogens with one attached hydrogen (secondary N) is 2. The molecular weight excluding hydrogens is 384 g/mol. The highest BCUT2D eigenvalue weighted by Crippen LogP contribution is 2.23. The van der Waals surface area contributed by atoms with Crippen LogP contribution in [0.1, 0.15) is 26.3 Å². The molecule has 3 aromatic rings. The molecule has 0 unspecified atom stereocenters. The lowest BCUT2D eigenvalue weighted by atomic mass is 10.0. The van der Waals surface area contributed by atoms with Gasteiger partial charge in [-0.05, 0) is 53.1 Å². The number of methoxy groups -OCH3 is 2. The van der Waals surface area contributed by atoms with Crippen LogP contribution in [0.15, 0.2) is 66.7 Å². The van der Waals surface area contributed by atoms with Crippen LogP contribution < -0.4 is 20.3 Å². The number of benzene rings is 3. The number of hydrogen-bond acceptors (Lipinski definition) is 5. The van der Waals surface area contributed by atoms with Crippen molar-refractivity contribution in [1.82, 2.24) is 10.8 Å². The van der Waals surface area contributed by atoms with Crippen LogP contribution in [-0.4, -0.2) is 31.2 Å². The van der Waals surface area contributed by atoms with Gasteiger partial charge in [0.15, 0.2) is 0 Å². The fourth-order valence-electron chi connectivity index (χ4n) is 3.00. The monoisotopic (exact) mass is 406 g/mol. The summed E-state index contributed by atoms with van der Waals surface area (Å²) in [6.07, 6.45) is 0. The number of hydrogen-bond donors (Lipinski definition) is 3. The molecule has 3 rings (SSSR count). The molecule has 2 amide bonds. The van der Waals surface area contributed by atoms with Crippen LogP contribution in [0.3, 0.4) is 0 Å². The summed E-state index contributed by atoms with van der Waals surface area (Å²) in [4.78, 5) is 24.3. The molecule has 0 bridgehead atoms. The quantitative estimate of drug-likeness (QED) is 0.413. The Hall–Kier alpha value is -3.84. The van der Waals surface area contributed by atoms with Crippen molar-refractivity contribution >= 4 is 11.8 Å². The molecule has 0 aromatic heterocycles. The molecule has 0 fully saturated rings. The van der Waals surface area contributed by atoms with E-state index in [9.17, 15) is 9.59 Å². The van der Waals surface area contributed by atoms with Gasteiger partial charge in [0.05, 0.1) is 14.2 Å². The Morgan fingerprint density at radius 1 is 0.800 bits per heavy atom. The fourth-order valence-corrected chi connectivity index (χ4v) is 3.00. The van der Waals surface area contributed by atoms with Crippen LogP contribution in [0.2, 0.25) is 0 Å². The van der Waals surface area contributed by atoms with Crippen molar-refractivity contribution in [1.29, 1.82) is 0 Å². The number of carbonyl (C=O) groups excluding carboxylic acids is 2. The first kappa shape index (κ1) is 20.9. The van der Waals surface area contributed by atoms with Crippen LogP contribution in [0.25, 0.3) is 11.1 Å². The third kappa shape index (κ3) is 4.95. The number of rotatable bonds is 7. The Balaban J connectivity index is 1.76. The molecule has 0 saturated carbocycles. The molecule has 0 aliphatic heterocycles. The highest BCUT2D eigenvalue weighted by molar-refractivity contribution is 5.96. The van der Waals surface area contributed by atoms with Crippen molar-refractivity contribution in [2.75, 3.05) is 14.2 Å². The zero-order chi connectivity index (χ0) is 21.5. The topological polar surface area (TPSA) is 96.9 Å². The van der Waals surface area contributed by atoms with Crippen molar-refractivity contribution in [3.05, 3.63) is 83.4 Å². The van der Waals surface area contributed by atoms with Gasteiger partial charge in [-0.3, -0.25) is 14.8 Å². The zero-order valence-corrected chi connectivity index (χ0v) is 16.6. The molecule has 0 heterocycles. The lowest BCUT2D eigenvalue weighted by molar-refractivity contribution is 0.0706. The number of ether oxygens (including phenoxy) is 2. The summed E-state index contributed by atoms with van der Waals surface area (Å²) < 4.78 is 10.5. The van der Waals surface area contributed by atoms with Gasteiger partial charge in [0, 0.05) is 23.7 Å². The van der Waals surface area contributed by atoms with Crippen LogP contribution in [0.4, 0.5) is 0 Å². The molecule has 3 aromatic carbocycles. The molecule has 7 heteroatoms. The largest absolute Gasteiger partial charge is 0.497 e. The second kappa shape index (κ2) is 9.58. The highest BCUT2D eigenvalue weighted by Gasteiger charge is 2.10. The third-order valence-corrected chi connectivity index (χ3v) is 4.55. The summed E-state index contributed by atoms with van der Waals surface area (Å²) in [5.41, 5.74) is 4.79. The van der Waals surface area contributed by atoms with Crippen molar-refractivity contribution in [3.8, 4) is 22.6 Å². The number of amides is 2. The van der Waals surface area contributed by atoms with Crippen molar-refractivity contribution in [3.63, 3.8) is 0 Å². The minimum absolute atomic E-state index is 0.233. The van der Waals surface area contributed by atoms with Crippen molar-refractivity contribution in [2.24, 2.45) is 0 Å². The van der Waals surface area contributed by atoms with E-state index in [-0.39, 0.29) is 5.91 Å². The van der Waals surface area contributed by atoms with Gasteiger partial charge < -0.3 is 14.8 Å². The zero-order valence-electron chi connectivity index (χ0n) is 16.6. The van der Waals surface area contributed by atoms with E-state index in [2.05, 4.69) is 5.32 Å². The normalized spacial score (nSPS) is 10.2. The van der Waals surface area contributed by atoms with Crippen LogP contribution in [0, 0.1) is 0 Å². The highest BCUT2D eigenvalue weighted by atomic mass is 16.5. The molecule has 0 aliphatic rings. The van der Waals surface area contributed by atoms with Crippen molar-refractivity contribution < 1.29 is 24.3 Å². The van der Waals surface area contributed by atoms with Gasteiger partial charge in [-0.15, -0.1) is 0 Å². The van der Waals surface area contributed by atoms with E-state index >= 15 is 0 Å². The maximum atomic E-state index is 12.7. The van der Waals surface area contributed by atoms with Crippen LogP contribution in [-0.2, 0) is 6.54 Å². The average Bonchev–Trinajstić information content (AvgIpc) is 2.81. The Morgan fingerprint density at radius 3 is 1.83 bits per heavy atom. The minimum Gasteiger partial charge on any atom is -0.497 e. The molecule has 7 nitrogen and oxygen atoms in total. The van der Waals surface area contributed by atoms with E-state index in [0.717, 1.165) is 16.7 Å². The molecule has 0 saturated heterocycles. The second-order valence-corrected chi connectivity index (χ2v) is 6.51. The van der Waals surface area contributed by atoms with Gasteiger partial charge in [-0.1, -0.05) is 24.3 Å². The first-order chi connectivity index (χ1) is 14.5. The molecule has 154 valence electrons. The summed E-state index contributed by atoms with van der Waals surface area (Å²) in [5.74, 6) is 0.460. The minimum atomic E-state index is -0.598. The summed E-state index contributed by atoms with van der Waals surface area (Å²) in [6, 6.07) is 19.3. The summed E-state index contributed by atoms with van der Waals surface area (Å²) in [7, 11) is 3.14. The molecule has 30 heavy (non-hydrogen) atoms. The summed E-state index contributed by atoms with van der Waals surface area (Å²) in [5, 5.41) is 11.7. The number of carbonyl (C=O) groups is 2. The molecular formula is C23H22N2O5. The van der Waals surface area contributed by atoms with E-state index in [4.69, 9.17) is 14.7 Å². The Kier molecular flexibility index (Phi) is 6.67. The van der Waals surface area contributed by atoms with E-state index < -0.39 is 5.91 Å². The Labute approximate surface area is 174 Å². The molecule has 0 radical (unpaired) electrons. The van der Waals surface area contributed by atoms with Crippen molar-refractivity contribution in [2.45, 2.75) is 6.54 Å². The molecule has 0 spiro atoms. The van der Waals surface area contributed by atoms with E-state index in [1.165, 1.54) is 0 Å². The van der Waals surface area contributed by atoms with Gasteiger partial charge in [0.2, 0.25) is 0 Å². The lowest BCUT2D eigenvalue weighted by Gasteiger charge is -2.10. The standard InChI is InChI=1S/C23H22N2O5/c1-29-20-9-15(10-21(13-20)30-2)14-24-22(26)18-7-3-5-16(11-18)17-6-4-8-19(12-17)23(27)25-28/h3-13,28H,14H2,1-2H3,(H,24,26)(H,25,27).